The molecule has 1 rings (SSSR count). The van der Waals surface area contributed by atoms with Crippen LogP contribution in [0.25, 0.3) is 0 Å². The molecule has 0 saturated carbocycles. The first kappa shape index (κ1) is 17.5. The maximum atomic E-state index is 12.3. The molecule has 0 spiro atoms. The Balaban J connectivity index is 2.58. The van der Waals surface area contributed by atoms with Gasteiger partial charge in [0.05, 0.1) is 0 Å². The Morgan fingerprint density at radius 3 is 2.33 bits per heavy atom. The molecule has 0 radical (unpaired) electrons. The number of carbonyl (C=O) groups is 1. The molecule has 0 aliphatic rings. The quantitative estimate of drug-likeness (QED) is 0.800. The summed E-state index contributed by atoms with van der Waals surface area (Å²) in [7, 11) is 4.05. The van der Waals surface area contributed by atoms with Crippen LogP contribution in [0, 0.1) is 5.92 Å². The topological polar surface area (TPSA) is 49.6 Å². The van der Waals surface area contributed by atoms with Crippen LogP contribution in [0.5, 0.6) is 0 Å². The van der Waals surface area contributed by atoms with Crippen molar-refractivity contribution in [1.29, 1.82) is 0 Å². The summed E-state index contributed by atoms with van der Waals surface area (Å²) in [6.07, 6.45) is 1.45. The van der Waals surface area contributed by atoms with Crippen molar-refractivity contribution in [2.24, 2.45) is 11.7 Å². The second kappa shape index (κ2) is 8.67. The molecule has 0 bridgehead atoms. The van der Waals surface area contributed by atoms with Gasteiger partial charge in [-0.15, -0.1) is 0 Å². The lowest BCUT2D eigenvalue weighted by Crippen LogP contribution is -2.30. The third-order valence-electron chi connectivity index (χ3n) is 3.81. The van der Waals surface area contributed by atoms with Crippen LogP contribution in [0.4, 0.5) is 5.69 Å². The normalized spacial score (nSPS) is 12.0. The molecule has 1 amide bonds. The third-order valence-corrected chi connectivity index (χ3v) is 3.81. The highest BCUT2D eigenvalue weighted by molar-refractivity contribution is 5.76. The maximum Gasteiger partial charge on any atom is 0.222 e. The highest BCUT2D eigenvalue weighted by Gasteiger charge is 2.13. The molecule has 1 aromatic carbocycles. The Morgan fingerprint density at radius 2 is 1.86 bits per heavy atom. The molecule has 118 valence electrons. The van der Waals surface area contributed by atoms with Crippen LogP contribution in [0.2, 0.25) is 0 Å². The van der Waals surface area contributed by atoms with E-state index in [-0.39, 0.29) is 5.91 Å². The minimum Gasteiger partial charge on any atom is -0.378 e. The molecule has 1 atom stereocenters. The van der Waals surface area contributed by atoms with E-state index in [9.17, 15) is 4.79 Å². The molecule has 1 unspecified atom stereocenters. The van der Waals surface area contributed by atoms with Crippen LogP contribution in [0.1, 0.15) is 32.3 Å². The van der Waals surface area contributed by atoms with Crippen molar-refractivity contribution in [2.75, 3.05) is 32.1 Å². The van der Waals surface area contributed by atoms with E-state index < -0.39 is 0 Å². The van der Waals surface area contributed by atoms with Crippen molar-refractivity contribution < 1.29 is 4.79 Å². The number of nitrogens with zero attached hydrogens (tertiary/aromatic N) is 2. The summed E-state index contributed by atoms with van der Waals surface area (Å²) >= 11 is 0. The van der Waals surface area contributed by atoms with Gasteiger partial charge in [-0.3, -0.25) is 4.79 Å². The molecule has 0 aromatic heterocycles. The molecule has 0 heterocycles. The van der Waals surface area contributed by atoms with Crippen LogP contribution in [0.15, 0.2) is 24.3 Å². The lowest BCUT2D eigenvalue weighted by Gasteiger charge is -2.22. The van der Waals surface area contributed by atoms with Crippen molar-refractivity contribution in [3.63, 3.8) is 0 Å². The molecule has 0 fully saturated rings. The largest absolute Gasteiger partial charge is 0.378 e. The summed E-state index contributed by atoms with van der Waals surface area (Å²) in [5.74, 6) is 0.626. The first-order chi connectivity index (χ1) is 9.97. The lowest BCUT2D eigenvalue weighted by molar-refractivity contribution is -0.131. The van der Waals surface area contributed by atoms with Gasteiger partial charge in [-0.2, -0.15) is 0 Å². The second-order valence-electron chi connectivity index (χ2n) is 5.85. The van der Waals surface area contributed by atoms with Crippen LogP contribution in [0.3, 0.4) is 0 Å². The SMILES string of the molecule is CCN(Cc1ccc(N(C)C)cc1)C(=O)CCC(C)CN. The van der Waals surface area contributed by atoms with Crippen molar-refractivity contribution in [3.8, 4) is 0 Å². The molecular weight excluding hydrogens is 262 g/mol. The zero-order valence-corrected chi connectivity index (χ0v) is 13.8. The summed E-state index contributed by atoms with van der Waals surface area (Å²) in [4.78, 5) is 16.2. The predicted octanol–water partition coefficient (Wildman–Crippen LogP) is 2.48. The molecule has 4 heteroatoms. The smallest absolute Gasteiger partial charge is 0.222 e. The van der Waals surface area contributed by atoms with Gasteiger partial charge in [-0.05, 0) is 43.5 Å². The van der Waals surface area contributed by atoms with Gasteiger partial charge in [0.15, 0.2) is 0 Å². The van der Waals surface area contributed by atoms with E-state index in [1.165, 1.54) is 11.3 Å². The van der Waals surface area contributed by atoms with Crippen LogP contribution >= 0.6 is 0 Å². The van der Waals surface area contributed by atoms with E-state index in [0.717, 1.165) is 13.0 Å². The zero-order valence-electron chi connectivity index (χ0n) is 13.8. The molecular formula is C17H29N3O. The highest BCUT2D eigenvalue weighted by Crippen LogP contribution is 2.15. The van der Waals surface area contributed by atoms with Gasteiger partial charge < -0.3 is 15.5 Å². The fraction of sp³-hybridized carbons (Fsp3) is 0.588. The molecule has 2 N–H and O–H groups in total. The second-order valence-corrected chi connectivity index (χ2v) is 5.85. The summed E-state index contributed by atoms with van der Waals surface area (Å²) in [5.41, 5.74) is 7.94. The Morgan fingerprint density at radius 1 is 1.24 bits per heavy atom. The fourth-order valence-corrected chi connectivity index (χ4v) is 2.14. The third kappa shape index (κ3) is 5.76. The molecule has 0 aliphatic heterocycles. The first-order valence-corrected chi connectivity index (χ1v) is 7.72. The Hall–Kier alpha value is -1.55. The number of hydrogen-bond acceptors (Lipinski definition) is 3. The number of benzene rings is 1. The number of carbonyl (C=O) groups excluding carboxylic acids is 1. The van der Waals surface area contributed by atoms with Gasteiger partial charge in [0.2, 0.25) is 5.91 Å². The van der Waals surface area contributed by atoms with E-state index in [2.05, 4.69) is 36.1 Å². The van der Waals surface area contributed by atoms with E-state index >= 15 is 0 Å². The van der Waals surface area contributed by atoms with Gasteiger partial charge in [0, 0.05) is 39.3 Å². The van der Waals surface area contributed by atoms with E-state index in [4.69, 9.17) is 5.73 Å². The zero-order chi connectivity index (χ0) is 15.8. The number of nitrogens with two attached hydrogens (primary N) is 1. The molecule has 4 nitrogen and oxygen atoms in total. The summed E-state index contributed by atoms with van der Waals surface area (Å²) in [5, 5.41) is 0. The minimum absolute atomic E-state index is 0.217. The standard InChI is InChI=1S/C17H29N3O/c1-5-20(17(21)11-6-14(2)12-18)13-15-7-9-16(10-8-15)19(3)4/h7-10,14H,5-6,11-13,18H2,1-4H3. The average molecular weight is 291 g/mol. The Kier molecular flexibility index (Phi) is 7.23. The number of anilines is 1. The van der Waals surface area contributed by atoms with Crippen molar-refractivity contribution in [3.05, 3.63) is 29.8 Å². The molecule has 0 saturated heterocycles. The Labute approximate surface area is 128 Å². The van der Waals surface area contributed by atoms with Crippen molar-refractivity contribution >= 4 is 11.6 Å². The highest BCUT2D eigenvalue weighted by atomic mass is 16.2. The number of rotatable bonds is 8. The number of amides is 1. The van der Waals surface area contributed by atoms with Gasteiger partial charge in [-0.25, -0.2) is 0 Å². The van der Waals surface area contributed by atoms with Gasteiger partial charge in [-0.1, -0.05) is 19.1 Å². The van der Waals surface area contributed by atoms with Gasteiger partial charge in [0.1, 0.15) is 0 Å². The van der Waals surface area contributed by atoms with Gasteiger partial charge >= 0.3 is 0 Å². The van der Waals surface area contributed by atoms with Gasteiger partial charge in [0.25, 0.3) is 0 Å². The summed E-state index contributed by atoms with van der Waals surface area (Å²) in [6.45, 7) is 6.18. The molecule has 1 aromatic rings. The monoisotopic (exact) mass is 291 g/mol. The fourth-order valence-electron chi connectivity index (χ4n) is 2.14. The number of hydrogen-bond donors (Lipinski definition) is 1. The maximum absolute atomic E-state index is 12.3. The minimum atomic E-state index is 0.217. The Bertz CT molecular complexity index is 428. The summed E-state index contributed by atoms with van der Waals surface area (Å²) in [6, 6.07) is 8.36. The lowest BCUT2D eigenvalue weighted by atomic mass is 10.1. The summed E-state index contributed by atoms with van der Waals surface area (Å²) < 4.78 is 0. The molecule has 21 heavy (non-hydrogen) atoms. The van der Waals surface area contributed by atoms with Crippen molar-refractivity contribution in [2.45, 2.75) is 33.2 Å². The van der Waals surface area contributed by atoms with Crippen LogP contribution in [-0.4, -0.2) is 38.0 Å². The molecule has 0 aliphatic carbocycles. The predicted molar refractivity (Wildman–Crippen MR) is 89.3 cm³/mol. The van der Waals surface area contributed by atoms with E-state index in [0.29, 0.717) is 25.4 Å². The van der Waals surface area contributed by atoms with Crippen molar-refractivity contribution in [1.82, 2.24) is 4.90 Å². The van der Waals surface area contributed by atoms with E-state index in [1.54, 1.807) is 0 Å². The first-order valence-electron chi connectivity index (χ1n) is 7.72. The van der Waals surface area contributed by atoms with E-state index in [1.807, 2.05) is 25.9 Å². The van der Waals surface area contributed by atoms with Crippen LogP contribution in [-0.2, 0) is 11.3 Å². The average Bonchev–Trinajstić information content (AvgIpc) is 2.50. The van der Waals surface area contributed by atoms with Crippen LogP contribution < -0.4 is 10.6 Å².